The Hall–Kier alpha value is -0.0400. The summed E-state index contributed by atoms with van der Waals surface area (Å²) >= 11 is 0. The van der Waals surface area contributed by atoms with E-state index in [1.165, 1.54) is 12.8 Å². The molecule has 2 rings (SSSR count). The van der Waals surface area contributed by atoms with Gasteiger partial charge >= 0.3 is 15.6 Å². The van der Waals surface area contributed by atoms with Crippen molar-refractivity contribution in [1.82, 2.24) is 0 Å². The minimum absolute atomic E-state index is 0.105. The third-order valence-electron chi connectivity index (χ3n) is 7.07. The molecule has 2 aliphatic carbocycles. The van der Waals surface area contributed by atoms with Gasteiger partial charge in [-0.1, -0.05) is 38.8 Å². The molecular formula is C19H36O8P2. The average molecular weight is 454 g/mol. The van der Waals surface area contributed by atoms with Crippen molar-refractivity contribution >= 4 is 15.6 Å². The number of phosphoric ester groups is 1. The summed E-state index contributed by atoms with van der Waals surface area (Å²) in [5.41, 5.74) is 1.31. The maximum Gasteiger partial charge on any atom is 0.481 e. The summed E-state index contributed by atoms with van der Waals surface area (Å²) in [5, 5.41) is 10.7. The first kappa shape index (κ1) is 25.2. The summed E-state index contributed by atoms with van der Waals surface area (Å²) in [6.07, 6.45) is 8.24. The second-order valence-electron chi connectivity index (χ2n) is 9.58. The second-order valence-corrected chi connectivity index (χ2v) is 12.4. The number of fused-ring (bicyclic) bond motifs is 1. The van der Waals surface area contributed by atoms with Crippen molar-refractivity contribution in [2.75, 3.05) is 6.61 Å². The lowest BCUT2D eigenvalue weighted by molar-refractivity contribution is -0.125. The fourth-order valence-electron chi connectivity index (χ4n) is 5.75. The van der Waals surface area contributed by atoms with Gasteiger partial charge in [-0.3, -0.25) is 4.52 Å². The number of rotatable bonds is 8. The highest BCUT2D eigenvalue weighted by atomic mass is 31.3. The molecule has 170 valence electrons. The molecule has 2 fully saturated rings. The van der Waals surface area contributed by atoms with Crippen LogP contribution in [0.25, 0.3) is 0 Å². The van der Waals surface area contributed by atoms with E-state index >= 15 is 0 Å². The topological polar surface area (TPSA) is 134 Å². The van der Waals surface area contributed by atoms with Crippen LogP contribution < -0.4 is 0 Å². The largest absolute Gasteiger partial charge is 0.481 e. The monoisotopic (exact) mass is 454 g/mol. The van der Waals surface area contributed by atoms with E-state index in [1.807, 2.05) is 6.92 Å². The maximum absolute atomic E-state index is 11.5. The van der Waals surface area contributed by atoms with Gasteiger partial charge in [0.25, 0.3) is 0 Å². The number of hydrogen-bond acceptors (Lipinski definition) is 5. The molecule has 0 spiro atoms. The number of phosphoric acid groups is 2. The van der Waals surface area contributed by atoms with Gasteiger partial charge in [-0.25, -0.2) is 9.13 Å². The van der Waals surface area contributed by atoms with Gasteiger partial charge in [0.1, 0.15) is 0 Å². The molecule has 5 atom stereocenters. The van der Waals surface area contributed by atoms with Gasteiger partial charge in [-0.2, -0.15) is 4.31 Å². The van der Waals surface area contributed by atoms with E-state index in [4.69, 9.17) is 9.79 Å². The summed E-state index contributed by atoms with van der Waals surface area (Å²) in [7, 11) is -9.93. The van der Waals surface area contributed by atoms with Crippen LogP contribution in [0.4, 0.5) is 0 Å². The maximum atomic E-state index is 11.5. The Morgan fingerprint density at radius 1 is 1.14 bits per heavy atom. The van der Waals surface area contributed by atoms with Crippen LogP contribution in [0.5, 0.6) is 0 Å². The van der Waals surface area contributed by atoms with Crippen LogP contribution in [0.3, 0.4) is 0 Å². The molecule has 10 heteroatoms. The molecule has 8 nitrogen and oxygen atoms in total. The van der Waals surface area contributed by atoms with Crippen molar-refractivity contribution in [2.24, 2.45) is 22.7 Å². The van der Waals surface area contributed by atoms with Gasteiger partial charge in [-0.05, 0) is 68.1 Å². The van der Waals surface area contributed by atoms with E-state index in [9.17, 15) is 19.1 Å². The van der Waals surface area contributed by atoms with Crippen molar-refractivity contribution in [2.45, 2.75) is 78.7 Å². The molecule has 29 heavy (non-hydrogen) atoms. The lowest BCUT2D eigenvalue weighted by Crippen LogP contribution is -2.53. The quantitative estimate of drug-likeness (QED) is 0.310. The summed E-state index contributed by atoms with van der Waals surface area (Å²) in [4.78, 5) is 26.5. The molecule has 4 N–H and O–H groups in total. The van der Waals surface area contributed by atoms with E-state index in [0.29, 0.717) is 12.3 Å². The van der Waals surface area contributed by atoms with Crippen LogP contribution in [0.2, 0.25) is 0 Å². The fraction of sp³-hybridized carbons (Fsp3) is 0.895. The predicted molar refractivity (Wildman–Crippen MR) is 110 cm³/mol. The van der Waals surface area contributed by atoms with Crippen molar-refractivity contribution in [3.05, 3.63) is 11.6 Å². The first-order valence-corrected chi connectivity index (χ1v) is 13.3. The van der Waals surface area contributed by atoms with Gasteiger partial charge in [-0.15, -0.1) is 0 Å². The molecule has 2 saturated carbocycles. The van der Waals surface area contributed by atoms with Crippen LogP contribution in [-0.2, 0) is 18.0 Å². The molecule has 0 saturated heterocycles. The Labute approximate surface area is 173 Å². The highest BCUT2D eigenvalue weighted by Crippen LogP contribution is 2.61. The Balaban J connectivity index is 1.96. The molecule has 0 aromatic carbocycles. The smallest absolute Gasteiger partial charge is 0.393 e. The molecule has 0 aromatic rings. The third kappa shape index (κ3) is 6.72. The first-order chi connectivity index (χ1) is 13.2. The van der Waals surface area contributed by atoms with Crippen LogP contribution in [0, 0.1) is 22.7 Å². The minimum Gasteiger partial charge on any atom is -0.393 e. The van der Waals surface area contributed by atoms with Gasteiger partial charge in [0, 0.05) is 0 Å². The van der Waals surface area contributed by atoms with Gasteiger partial charge < -0.3 is 19.8 Å². The highest BCUT2D eigenvalue weighted by molar-refractivity contribution is 7.60. The zero-order valence-corrected chi connectivity index (χ0v) is 19.6. The van der Waals surface area contributed by atoms with Gasteiger partial charge in [0.05, 0.1) is 12.7 Å². The third-order valence-corrected chi connectivity index (χ3v) is 9.22. The Morgan fingerprint density at radius 2 is 1.79 bits per heavy atom. The molecule has 0 amide bonds. The van der Waals surface area contributed by atoms with Crippen molar-refractivity contribution in [3.63, 3.8) is 0 Å². The SMILES string of the molecule is C/C(=C\COP(=O)(O)OP(=O)(O)O)CC[C@H]1[C@@H](O)CC[C@H]2C(C)(C)CCC[C@]12C. The molecule has 0 bridgehead atoms. The van der Waals surface area contributed by atoms with E-state index < -0.39 is 15.6 Å². The Bertz CT molecular complexity index is 700. The van der Waals surface area contributed by atoms with Crippen LogP contribution >= 0.6 is 15.6 Å². The zero-order chi connectivity index (χ0) is 22.1. The van der Waals surface area contributed by atoms with Crippen LogP contribution in [0.15, 0.2) is 11.6 Å². The lowest BCUT2D eigenvalue weighted by Gasteiger charge is -2.58. The molecule has 2 aliphatic rings. The van der Waals surface area contributed by atoms with Crippen LogP contribution in [-0.4, -0.2) is 32.5 Å². The van der Waals surface area contributed by atoms with E-state index in [2.05, 4.69) is 29.6 Å². The lowest BCUT2D eigenvalue weighted by atomic mass is 9.47. The second kappa shape index (κ2) is 9.22. The van der Waals surface area contributed by atoms with Crippen molar-refractivity contribution in [3.8, 4) is 0 Å². The fourth-order valence-corrected chi connectivity index (χ4v) is 7.27. The number of hydrogen-bond donors (Lipinski definition) is 4. The predicted octanol–water partition coefficient (Wildman–Crippen LogP) is 4.54. The van der Waals surface area contributed by atoms with E-state index in [0.717, 1.165) is 31.3 Å². The first-order valence-electron chi connectivity index (χ1n) is 10.2. The van der Waals surface area contributed by atoms with Crippen LogP contribution in [0.1, 0.15) is 72.6 Å². The van der Waals surface area contributed by atoms with Gasteiger partial charge in [0.15, 0.2) is 0 Å². The van der Waals surface area contributed by atoms with Crippen molar-refractivity contribution < 1.29 is 37.8 Å². The van der Waals surface area contributed by atoms with E-state index in [-0.39, 0.29) is 29.5 Å². The molecule has 1 unspecified atom stereocenters. The summed E-state index contributed by atoms with van der Waals surface area (Å²) in [6, 6.07) is 0. The standard InChI is InChI=1S/C19H36O8P2/c1-14(10-13-26-29(24,25)27-28(21,22)23)6-7-15-16(20)8-9-17-18(2,3)11-5-12-19(15,17)4/h10,15-17,20H,5-9,11-13H2,1-4H3,(H,24,25)(H2,21,22,23)/b14-10+/t15-,16-,17-,19+/m0/s1. The molecule has 0 radical (unpaired) electrons. The molecule has 0 heterocycles. The zero-order valence-electron chi connectivity index (χ0n) is 17.8. The number of aliphatic hydroxyl groups excluding tert-OH is 1. The summed E-state index contributed by atoms with van der Waals surface area (Å²) < 4.78 is 30.5. The average Bonchev–Trinajstić information content (AvgIpc) is 2.50. The minimum atomic E-state index is -5.11. The highest BCUT2D eigenvalue weighted by Gasteiger charge is 2.54. The number of aliphatic hydroxyl groups is 1. The Kier molecular flexibility index (Phi) is 8.02. The summed E-state index contributed by atoms with van der Waals surface area (Å²) in [6.45, 7) is 8.60. The molecular weight excluding hydrogens is 418 g/mol. The van der Waals surface area contributed by atoms with Gasteiger partial charge in [0.2, 0.25) is 0 Å². The molecule has 0 aliphatic heterocycles. The molecule has 0 aromatic heterocycles. The van der Waals surface area contributed by atoms with Crippen molar-refractivity contribution in [1.29, 1.82) is 0 Å². The van der Waals surface area contributed by atoms with E-state index in [1.54, 1.807) is 6.08 Å². The normalized spacial score (nSPS) is 35.0. The number of allylic oxidation sites excluding steroid dienone is 1. The summed E-state index contributed by atoms with van der Waals surface area (Å²) in [5.74, 6) is 0.793. The Morgan fingerprint density at radius 3 is 2.41 bits per heavy atom.